The van der Waals surface area contributed by atoms with Gasteiger partial charge in [0.05, 0.1) is 0 Å². The van der Waals surface area contributed by atoms with Gasteiger partial charge in [-0.15, -0.1) is 0 Å². The minimum Gasteiger partial charge on any atom is -0.311 e. The van der Waals surface area contributed by atoms with Gasteiger partial charge in [-0.3, -0.25) is 0 Å². The van der Waals surface area contributed by atoms with E-state index >= 15 is 0 Å². The maximum Gasteiger partial charge on any atom is 0.0192 e. The molecule has 5 rings (SSSR count). The number of hydrogen-bond donors (Lipinski definition) is 1. The lowest BCUT2D eigenvalue weighted by atomic mass is 9.44. The summed E-state index contributed by atoms with van der Waals surface area (Å²) >= 11 is 0. The van der Waals surface area contributed by atoms with Crippen LogP contribution >= 0.6 is 0 Å². The highest BCUT2D eigenvalue weighted by Crippen LogP contribution is 2.66. The zero-order valence-electron chi connectivity index (χ0n) is 12.0. The summed E-state index contributed by atoms with van der Waals surface area (Å²) in [5.74, 6) is 3.25. The molecule has 102 valence electrons. The van der Waals surface area contributed by atoms with Gasteiger partial charge in [0.2, 0.25) is 0 Å². The molecule has 0 amide bonds. The van der Waals surface area contributed by atoms with Gasteiger partial charge in [-0.25, -0.2) is 0 Å². The Balaban J connectivity index is 1.65. The maximum atomic E-state index is 3.94. The van der Waals surface area contributed by atoms with Crippen molar-refractivity contribution in [1.29, 1.82) is 0 Å². The number of hydrogen-bond acceptors (Lipinski definition) is 1. The summed E-state index contributed by atoms with van der Waals surface area (Å²) in [5.41, 5.74) is 1.35. The zero-order chi connectivity index (χ0) is 12.2. The average molecular weight is 247 g/mol. The summed E-state index contributed by atoms with van der Waals surface area (Å²) < 4.78 is 0. The van der Waals surface area contributed by atoms with Gasteiger partial charge < -0.3 is 5.32 Å². The zero-order valence-corrected chi connectivity index (χ0v) is 12.0. The van der Waals surface area contributed by atoms with Gasteiger partial charge in [0.25, 0.3) is 0 Å². The highest BCUT2D eigenvalue weighted by atomic mass is 15.0. The largest absolute Gasteiger partial charge is 0.311 e. The van der Waals surface area contributed by atoms with Crippen LogP contribution < -0.4 is 5.32 Å². The predicted octanol–water partition coefficient (Wildman–Crippen LogP) is 4.13. The average Bonchev–Trinajstić information content (AvgIpc) is 2.80. The van der Waals surface area contributed by atoms with Gasteiger partial charge in [-0.2, -0.15) is 0 Å². The van der Waals surface area contributed by atoms with Crippen LogP contribution in [0.5, 0.6) is 0 Å². The Bertz CT molecular complexity index is 315. The molecule has 0 aromatic rings. The quantitative estimate of drug-likeness (QED) is 0.791. The number of nitrogens with one attached hydrogen (secondary N) is 1. The van der Waals surface area contributed by atoms with E-state index in [0.29, 0.717) is 5.54 Å². The van der Waals surface area contributed by atoms with E-state index in [1.54, 1.807) is 32.1 Å². The molecule has 2 unspecified atom stereocenters. The van der Waals surface area contributed by atoms with Crippen molar-refractivity contribution >= 4 is 0 Å². The monoisotopic (exact) mass is 247 g/mol. The van der Waals surface area contributed by atoms with Gasteiger partial charge in [-0.1, -0.05) is 19.8 Å². The smallest absolute Gasteiger partial charge is 0.0192 e. The molecule has 5 saturated carbocycles. The van der Waals surface area contributed by atoms with Crippen molar-refractivity contribution in [3.8, 4) is 0 Å². The van der Waals surface area contributed by atoms with Crippen molar-refractivity contribution in [2.75, 3.05) is 6.54 Å². The van der Waals surface area contributed by atoms with Gasteiger partial charge in [0, 0.05) is 5.54 Å². The lowest BCUT2D eigenvalue weighted by molar-refractivity contribution is -0.109. The highest BCUT2D eigenvalue weighted by Gasteiger charge is 2.59. The Labute approximate surface area is 112 Å². The Morgan fingerprint density at radius 1 is 1.00 bits per heavy atom. The van der Waals surface area contributed by atoms with Crippen LogP contribution in [0, 0.1) is 23.2 Å². The summed E-state index contributed by atoms with van der Waals surface area (Å²) in [6, 6.07) is 0. The molecule has 4 bridgehead atoms. The van der Waals surface area contributed by atoms with E-state index in [1.807, 2.05) is 0 Å². The third kappa shape index (κ3) is 1.62. The van der Waals surface area contributed by atoms with Crippen molar-refractivity contribution in [3.05, 3.63) is 0 Å². The molecule has 0 aromatic heterocycles. The van der Waals surface area contributed by atoms with Gasteiger partial charge in [-0.05, 0) is 81.1 Å². The summed E-state index contributed by atoms with van der Waals surface area (Å²) in [6.07, 6.45) is 15.5. The minimum atomic E-state index is 0.571. The van der Waals surface area contributed by atoms with E-state index in [1.165, 1.54) is 38.6 Å². The van der Waals surface area contributed by atoms with Gasteiger partial charge in [0.15, 0.2) is 0 Å². The van der Waals surface area contributed by atoms with Crippen molar-refractivity contribution in [2.45, 2.75) is 76.7 Å². The fourth-order valence-corrected chi connectivity index (χ4v) is 6.93. The molecule has 18 heavy (non-hydrogen) atoms. The second kappa shape index (κ2) is 3.98. The van der Waals surface area contributed by atoms with Crippen LogP contribution in [0.1, 0.15) is 71.1 Å². The standard InChI is InChI=1S/C17H29N/c1-2-18-17-10-13-7-14(11-17)9-16(8-13,12-17)15-5-3-4-6-15/h13-15,18H,2-12H2,1H3. The van der Waals surface area contributed by atoms with E-state index in [9.17, 15) is 0 Å². The molecule has 0 aromatic carbocycles. The summed E-state index contributed by atoms with van der Waals surface area (Å²) in [6.45, 7) is 3.49. The minimum absolute atomic E-state index is 0.571. The molecule has 5 fully saturated rings. The van der Waals surface area contributed by atoms with Crippen LogP contribution in [-0.2, 0) is 0 Å². The molecule has 0 heterocycles. The number of rotatable bonds is 3. The first-order chi connectivity index (χ1) is 8.74. The lowest BCUT2D eigenvalue weighted by Crippen LogP contribution is -2.63. The molecule has 0 radical (unpaired) electrons. The first-order valence-electron chi connectivity index (χ1n) is 8.49. The highest BCUT2D eigenvalue weighted by molar-refractivity contribution is 5.13. The van der Waals surface area contributed by atoms with Crippen LogP contribution in [0.2, 0.25) is 0 Å². The summed E-state index contributed by atoms with van der Waals surface area (Å²) in [7, 11) is 0. The predicted molar refractivity (Wildman–Crippen MR) is 75.5 cm³/mol. The first kappa shape index (κ1) is 11.8. The van der Waals surface area contributed by atoms with Crippen LogP contribution in [0.25, 0.3) is 0 Å². The maximum absolute atomic E-state index is 3.94. The molecule has 5 aliphatic carbocycles. The second-order valence-electron chi connectivity index (χ2n) is 8.12. The SMILES string of the molecule is CCNC12CC3CC(C1)CC(C1CCCC1)(C3)C2. The molecule has 0 aliphatic heterocycles. The van der Waals surface area contributed by atoms with Gasteiger partial charge >= 0.3 is 0 Å². The molecule has 1 heteroatoms. The van der Waals surface area contributed by atoms with E-state index < -0.39 is 0 Å². The third-order valence-corrected chi connectivity index (χ3v) is 6.88. The van der Waals surface area contributed by atoms with E-state index in [0.717, 1.165) is 23.2 Å². The van der Waals surface area contributed by atoms with E-state index in [2.05, 4.69) is 12.2 Å². The molecule has 1 N–H and O–H groups in total. The van der Waals surface area contributed by atoms with Crippen molar-refractivity contribution in [2.24, 2.45) is 23.2 Å². The molecule has 1 nitrogen and oxygen atoms in total. The summed E-state index contributed by atoms with van der Waals surface area (Å²) in [4.78, 5) is 0. The van der Waals surface area contributed by atoms with Gasteiger partial charge in [0.1, 0.15) is 0 Å². The fraction of sp³-hybridized carbons (Fsp3) is 1.00. The third-order valence-electron chi connectivity index (χ3n) is 6.88. The Kier molecular flexibility index (Phi) is 2.60. The molecule has 2 atom stereocenters. The van der Waals surface area contributed by atoms with Crippen LogP contribution in [0.3, 0.4) is 0 Å². The second-order valence-corrected chi connectivity index (χ2v) is 8.12. The Hall–Kier alpha value is -0.0400. The van der Waals surface area contributed by atoms with Crippen molar-refractivity contribution in [3.63, 3.8) is 0 Å². The first-order valence-corrected chi connectivity index (χ1v) is 8.49. The van der Waals surface area contributed by atoms with E-state index in [-0.39, 0.29) is 0 Å². The van der Waals surface area contributed by atoms with E-state index in [4.69, 9.17) is 0 Å². The summed E-state index contributed by atoms with van der Waals surface area (Å²) in [5, 5.41) is 3.94. The molecule has 0 spiro atoms. The van der Waals surface area contributed by atoms with Crippen LogP contribution in [0.4, 0.5) is 0 Å². The molecular weight excluding hydrogens is 218 g/mol. The molecule has 0 saturated heterocycles. The van der Waals surface area contributed by atoms with Crippen molar-refractivity contribution < 1.29 is 0 Å². The normalized spacial score (nSPS) is 51.2. The Morgan fingerprint density at radius 3 is 2.28 bits per heavy atom. The van der Waals surface area contributed by atoms with Crippen LogP contribution in [0.15, 0.2) is 0 Å². The van der Waals surface area contributed by atoms with Crippen LogP contribution in [-0.4, -0.2) is 12.1 Å². The van der Waals surface area contributed by atoms with Crippen molar-refractivity contribution in [1.82, 2.24) is 5.32 Å². The topological polar surface area (TPSA) is 12.0 Å². The lowest BCUT2D eigenvalue weighted by Gasteiger charge is -2.64. The fourth-order valence-electron chi connectivity index (χ4n) is 6.93. The Morgan fingerprint density at radius 2 is 1.67 bits per heavy atom. The molecule has 5 aliphatic rings. The molecular formula is C17H29N.